The topological polar surface area (TPSA) is 151 Å². The van der Waals surface area contributed by atoms with Crippen molar-refractivity contribution >= 4 is 34.6 Å². The van der Waals surface area contributed by atoms with Crippen LogP contribution >= 0.6 is 0 Å². The van der Waals surface area contributed by atoms with Gasteiger partial charge in [0.2, 0.25) is 11.8 Å². The van der Waals surface area contributed by atoms with E-state index in [1.165, 1.54) is 27.7 Å². The average Bonchev–Trinajstić information content (AvgIpc) is 3.37. The number of fused-ring (bicyclic) bond motifs is 1. The molecular formula is C27H31F4N7O5. The molecule has 0 bridgehead atoms. The fraction of sp³-hybridized carbons (Fsp3) is 0.407. The van der Waals surface area contributed by atoms with Crippen LogP contribution in [0.1, 0.15) is 36.5 Å². The highest BCUT2D eigenvalue weighted by molar-refractivity contribution is 5.96. The summed E-state index contributed by atoms with van der Waals surface area (Å²) in [5, 5.41) is 4.88. The number of methoxy groups -OCH3 is 1. The molecule has 3 aromatic heterocycles. The molecule has 0 aliphatic rings. The Morgan fingerprint density at radius 2 is 1.95 bits per heavy atom. The van der Waals surface area contributed by atoms with E-state index in [0.29, 0.717) is 5.69 Å². The maximum absolute atomic E-state index is 14.4. The number of anilines is 1. The number of nitrogens with zero attached hydrogens (tertiary/aromatic N) is 4. The van der Waals surface area contributed by atoms with Crippen LogP contribution in [0.25, 0.3) is 11.0 Å². The quantitative estimate of drug-likeness (QED) is 0.223. The van der Waals surface area contributed by atoms with Gasteiger partial charge in [-0.05, 0) is 38.0 Å². The number of pyridine rings is 2. The van der Waals surface area contributed by atoms with E-state index < -0.39 is 48.4 Å². The molecule has 16 heteroatoms. The Labute approximate surface area is 243 Å². The van der Waals surface area contributed by atoms with Gasteiger partial charge in [0.15, 0.2) is 5.82 Å². The molecule has 3 amide bonds. The summed E-state index contributed by atoms with van der Waals surface area (Å²) < 4.78 is 58.5. The SMILES string of the molecule is COC(=O)NC(CCC=CC(=O)N(C)C)C(=O)Nc1ccc(C)n(Cc2nc3c(F)cnc(CCC(F)(F)F)c3[nH]2)c1=O. The Hall–Kier alpha value is -4.76. The Morgan fingerprint density at radius 1 is 1.23 bits per heavy atom. The first kappa shape index (κ1) is 32.8. The molecule has 12 nitrogen and oxygen atoms in total. The van der Waals surface area contributed by atoms with Gasteiger partial charge in [-0.2, -0.15) is 13.2 Å². The van der Waals surface area contributed by atoms with Crippen LogP contribution in [-0.2, 0) is 27.3 Å². The van der Waals surface area contributed by atoms with Crippen LogP contribution in [-0.4, -0.2) is 75.7 Å². The van der Waals surface area contributed by atoms with Crippen molar-refractivity contribution in [2.75, 3.05) is 26.5 Å². The number of aromatic amines is 1. The number of hydrogen-bond acceptors (Lipinski definition) is 7. The van der Waals surface area contributed by atoms with Crippen LogP contribution in [0, 0.1) is 12.7 Å². The number of allylic oxidation sites excluding steroid dienone is 1. The normalized spacial score (nSPS) is 12.4. The van der Waals surface area contributed by atoms with Crippen molar-refractivity contribution in [3.8, 4) is 0 Å². The summed E-state index contributed by atoms with van der Waals surface area (Å²) in [6.45, 7) is 1.38. The third-order valence-corrected chi connectivity index (χ3v) is 6.32. The van der Waals surface area contributed by atoms with Crippen molar-refractivity contribution in [1.82, 2.24) is 29.7 Å². The number of amides is 3. The molecule has 3 rings (SSSR count). The monoisotopic (exact) mass is 609 g/mol. The van der Waals surface area contributed by atoms with Crippen LogP contribution < -0.4 is 16.2 Å². The van der Waals surface area contributed by atoms with Gasteiger partial charge in [-0.15, -0.1) is 0 Å². The van der Waals surface area contributed by atoms with Gasteiger partial charge in [0.1, 0.15) is 23.1 Å². The van der Waals surface area contributed by atoms with Crippen LogP contribution in [0.2, 0.25) is 0 Å². The van der Waals surface area contributed by atoms with Crippen molar-refractivity contribution in [2.45, 2.75) is 51.4 Å². The Kier molecular flexibility index (Phi) is 10.6. The first-order chi connectivity index (χ1) is 20.2. The van der Waals surface area contributed by atoms with Gasteiger partial charge in [0, 0.05) is 32.6 Å². The summed E-state index contributed by atoms with van der Waals surface area (Å²) in [5.74, 6) is -1.75. The molecule has 0 saturated heterocycles. The van der Waals surface area contributed by atoms with E-state index in [2.05, 4.69) is 30.3 Å². The van der Waals surface area contributed by atoms with Crippen LogP contribution in [0.4, 0.5) is 28.0 Å². The van der Waals surface area contributed by atoms with E-state index in [4.69, 9.17) is 0 Å². The number of hydrogen-bond donors (Lipinski definition) is 3. The lowest BCUT2D eigenvalue weighted by Gasteiger charge is -2.18. The van der Waals surface area contributed by atoms with Gasteiger partial charge in [0.25, 0.3) is 5.56 Å². The second-order valence-corrected chi connectivity index (χ2v) is 9.74. The van der Waals surface area contributed by atoms with Crippen molar-refractivity contribution in [3.05, 3.63) is 63.9 Å². The molecule has 0 fully saturated rings. The zero-order chi connectivity index (χ0) is 31.9. The predicted molar refractivity (Wildman–Crippen MR) is 148 cm³/mol. The zero-order valence-electron chi connectivity index (χ0n) is 23.8. The minimum Gasteiger partial charge on any atom is -0.453 e. The summed E-state index contributed by atoms with van der Waals surface area (Å²) in [4.78, 5) is 62.0. The van der Waals surface area contributed by atoms with Gasteiger partial charge < -0.3 is 29.8 Å². The van der Waals surface area contributed by atoms with E-state index in [0.717, 1.165) is 13.3 Å². The number of aryl methyl sites for hydroxylation is 2. The second-order valence-electron chi connectivity index (χ2n) is 9.74. The highest BCUT2D eigenvalue weighted by Crippen LogP contribution is 2.25. The fourth-order valence-electron chi connectivity index (χ4n) is 3.99. The number of alkyl carbamates (subject to hydrolysis) is 1. The summed E-state index contributed by atoms with van der Waals surface area (Å²) in [5.41, 5.74) is -0.594. The van der Waals surface area contributed by atoms with E-state index >= 15 is 0 Å². The van der Waals surface area contributed by atoms with Crippen LogP contribution in [0.5, 0.6) is 0 Å². The number of aromatic nitrogens is 4. The van der Waals surface area contributed by atoms with Gasteiger partial charge >= 0.3 is 12.3 Å². The summed E-state index contributed by atoms with van der Waals surface area (Å²) >= 11 is 0. The predicted octanol–water partition coefficient (Wildman–Crippen LogP) is 3.20. The van der Waals surface area contributed by atoms with E-state index in [-0.39, 0.29) is 53.5 Å². The molecule has 1 unspecified atom stereocenters. The second kappa shape index (κ2) is 13.9. The number of likely N-dealkylation sites (N-methyl/N-ethyl adjacent to an activating group) is 1. The fourth-order valence-corrected chi connectivity index (χ4v) is 3.99. The number of alkyl halides is 3. The molecule has 0 spiro atoms. The average molecular weight is 610 g/mol. The molecule has 0 radical (unpaired) electrons. The number of nitrogens with one attached hydrogen (secondary N) is 3. The van der Waals surface area contributed by atoms with Gasteiger partial charge in [-0.25, -0.2) is 14.2 Å². The molecule has 43 heavy (non-hydrogen) atoms. The highest BCUT2D eigenvalue weighted by Gasteiger charge is 2.28. The molecule has 3 aromatic rings. The number of ether oxygens (including phenoxy) is 1. The van der Waals surface area contributed by atoms with Gasteiger partial charge in [0.05, 0.1) is 31.1 Å². The standard InChI is InChI=1S/C27H31F4N7O5/c1-15-9-10-19(33-24(40)18(34-26(42)43-4)7-5-6-8-21(39)37(2)3)25(41)38(15)14-20-35-22-16(28)13-32-17(23(22)36-20)11-12-27(29,30)31/h6,8-10,13,18H,5,7,11-12,14H2,1-4H3,(H,33,40)(H,34,42)(H,35,36). The minimum atomic E-state index is -4.44. The first-order valence-corrected chi connectivity index (χ1v) is 13.0. The Bertz CT molecular complexity index is 1580. The smallest absolute Gasteiger partial charge is 0.407 e. The van der Waals surface area contributed by atoms with Gasteiger partial charge in [-0.1, -0.05) is 6.08 Å². The van der Waals surface area contributed by atoms with E-state index in [9.17, 15) is 36.7 Å². The van der Waals surface area contributed by atoms with Crippen molar-refractivity contribution in [1.29, 1.82) is 0 Å². The van der Waals surface area contributed by atoms with Crippen molar-refractivity contribution in [3.63, 3.8) is 0 Å². The summed E-state index contributed by atoms with van der Waals surface area (Å²) in [6.07, 6.45) is -3.00. The number of carbonyl (C=O) groups excluding carboxylic acids is 3. The molecule has 3 N–H and O–H groups in total. The third kappa shape index (κ3) is 8.86. The van der Waals surface area contributed by atoms with Crippen LogP contribution in [0.3, 0.4) is 0 Å². The highest BCUT2D eigenvalue weighted by atomic mass is 19.4. The van der Waals surface area contributed by atoms with E-state index in [1.807, 2.05) is 0 Å². The molecule has 0 aliphatic carbocycles. The molecule has 232 valence electrons. The minimum absolute atomic E-state index is 0.00697. The Morgan fingerprint density at radius 3 is 2.60 bits per heavy atom. The summed E-state index contributed by atoms with van der Waals surface area (Å²) in [7, 11) is 4.28. The number of imidazole rings is 1. The first-order valence-electron chi connectivity index (χ1n) is 13.0. The third-order valence-electron chi connectivity index (χ3n) is 6.32. The molecule has 1 atom stereocenters. The van der Waals surface area contributed by atoms with Gasteiger partial charge in [-0.3, -0.25) is 19.4 Å². The maximum atomic E-state index is 14.4. The molecular weight excluding hydrogens is 578 g/mol. The molecule has 0 aromatic carbocycles. The Balaban J connectivity index is 1.83. The molecule has 0 saturated carbocycles. The lowest BCUT2D eigenvalue weighted by molar-refractivity contribution is -0.134. The maximum Gasteiger partial charge on any atom is 0.407 e. The number of halogens is 4. The van der Waals surface area contributed by atoms with Crippen molar-refractivity contribution < 1.29 is 36.7 Å². The molecule has 3 heterocycles. The number of H-pyrrole nitrogens is 1. The summed E-state index contributed by atoms with van der Waals surface area (Å²) in [6, 6.07) is 1.78. The van der Waals surface area contributed by atoms with Crippen LogP contribution in [0.15, 0.2) is 35.3 Å². The zero-order valence-corrected chi connectivity index (χ0v) is 23.8. The molecule has 0 aliphatic heterocycles. The largest absolute Gasteiger partial charge is 0.453 e. The lowest BCUT2D eigenvalue weighted by atomic mass is 10.1. The lowest BCUT2D eigenvalue weighted by Crippen LogP contribution is -2.44. The van der Waals surface area contributed by atoms with E-state index in [1.54, 1.807) is 27.1 Å². The number of rotatable bonds is 11. The number of carbonyl (C=O) groups is 3. The van der Waals surface area contributed by atoms with Crippen molar-refractivity contribution in [2.24, 2.45) is 0 Å².